The standard InChI is InChI=1S/C18H21N3O7S2/c1-4-20(5-2)30(26,27)13-9-7-12(8-10-13)16(22)19-17-14(18(23)28-6-3)11-15(29-17)21(24)25/h7-11H,4-6H2,1-3H3,(H,19,22). The minimum absolute atomic E-state index is 0.0232. The lowest BCUT2D eigenvalue weighted by Gasteiger charge is -2.18. The zero-order chi connectivity index (χ0) is 22.5. The number of hydrogen-bond donors (Lipinski definition) is 1. The summed E-state index contributed by atoms with van der Waals surface area (Å²) in [5, 5.41) is 13.1. The Morgan fingerprint density at radius 2 is 1.77 bits per heavy atom. The molecule has 1 aromatic carbocycles. The Morgan fingerprint density at radius 3 is 2.27 bits per heavy atom. The van der Waals surface area contributed by atoms with E-state index < -0.39 is 26.8 Å². The van der Waals surface area contributed by atoms with Crippen LogP contribution in [0.4, 0.5) is 10.0 Å². The van der Waals surface area contributed by atoms with Crippen molar-refractivity contribution in [2.75, 3.05) is 25.0 Å². The molecule has 1 aromatic heterocycles. The largest absolute Gasteiger partial charge is 0.462 e. The number of rotatable bonds is 9. The highest BCUT2D eigenvalue weighted by Crippen LogP contribution is 2.34. The van der Waals surface area contributed by atoms with E-state index in [1.807, 2.05) is 0 Å². The number of benzene rings is 1. The molecule has 12 heteroatoms. The van der Waals surface area contributed by atoms with Crippen molar-refractivity contribution in [3.8, 4) is 0 Å². The lowest BCUT2D eigenvalue weighted by molar-refractivity contribution is -0.380. The first kappa shape index (κ1) is 23.4. The summed E-state index contributed by atoms with van der Waals surface area (Å²) < 4.78 is 31.2. The minimum atomic E-state index is -3.67. The molecular weight excluding hydrogens is 434 g/mol. The van der Waals surface area contributed by atoms with Crippen molar-refractivity contribution in [1.82, 2.24) is 4.31 Å². The number of nitro groups is 1. The van der Waals surface area contributed by atoms with Crippen LogP contribution >= 0.6 is 11.3 Å². The lowest BCUT2D eigenvalue weighted by atomic mass is 10.2. The zero-order valence-electron chi connectivity index (χ0n) is 16.6. The van der Waals surface area contributed by atoms with Gasteiger partial charge in [-0.1, -0.05) is 13.8 Å². The van der Waals surface area contributed by atoms with Crippen LogP contribution in [0.2, 0.25) is 0 Å². The topological polar surface area (TPSA) is 136 Å². The molecule has 30 heavy (non-hydrogen) atoms. The first-order chi connectivity index (χ1) is 14.1. The van der Waals surface area contributed by atoms with E-state index >= 15 is 0 Å². The van der Waals surface area contributed by atoms with Crippen molar-refractivity contribution in [2.45, 2.75) is 25.7 Å². The molecule has 0 spiro atoms. The van der Waals surface area contributed by atoms with Crippen LogP contribution in [-0.4, -0.2) is 49.2 Å². The van der Waals surface area contributed by atoms with Crippen molar-refractivity contribution in [1.29, 1.82) is 0 Å². The van der Waals surface area contributed by atoms with Crippen molar-refractivity contribution in [3.05, 3.63) is 51.6 Å². The van der Waals surface area contributed by atoms with Crippen LogP contribution in [0, 0.1) is 10.1 Å². The van der Waals surface area contributed by atoms with E-state index in [0.29, 0.717) is 24.4 Å². The van der Waals surface area contributed by atoms with Crippen molar-refractivity contribution in [2.24, 2.45) is 0 Å². The van der Waals surface area contributed by atoms with Gasteiger partial charge in [-0.2, -0.15) is 4.31 Å². The highest BCUT2D eigenvalue weighted by Gasteiger charge is 2.25. The maximum absolute atomic E-state index is 12.5. The van der Waals surface area contributed by atoms with Gasteiger partial charge >= 0.3 is 11.0 Å². The van der Waals surface area contributed by atoms with Crippen LogP contribution in [0.1, 0.15) is 41.5 Å². The quantitative estimate of drug-likeness (QED) is 0.348. The molecule has 1 N–H and O–H groups in total. The van der Waals surface area contributed by atoms with Crippen molar-refractivity contribution >= 4 is 43.2 Å². The molecule has 0 unspecified atom stereocenters. The monoisotopic (exact) mass is 455 g/mol. The molecule has 1 amide bonds. The number of esters is 1. The SMILES string of the molecule is CCOC(=O)c1cc([N+](=O)[O-])sc1NC(=O)c1ccc(S(=O)(=O)N(CC)CC)cc1. The molecule has 10 nitrogen and oxygen atoms in total. The fourth-order valence-electron chi connectivity index (χ4n) is 2.59. The molecule has 0 aliphatic carbocycles. The van der Waals surface area contributed by atoms with E-state index in [0.717, 1.165) is 6.07 Å². The van der Waals surface area contributed by atoms with Gasteiger partial charge in [-0.05, 0) is 42.5 Å². The van der Waals surface area contributed by atoms with E-state index in [1.54, 1.807) is 20.8 Å². The van der Waals surface area contributed by atoms with Gasteiger partial charge in [0, 0.05) is 24.7 Å². The Bertz CT molecular complexity index is 1040. The molecule has 162 valence electrons. The van der Waals surface area contributed by atoms with Gasteiger partial charge in [-0.15, -0.1) is 0 Å². The molecule has 0 fully saturated rings. The smallest absolute Gasteiger partial charge is 0.341 e. The Labute approximate surface area is 177 Å². The van der Waals surface area contributed by atoms with Crippen LogP contribution in [0.3, 0.4) is 0 Å². The first-order valence-electron chi connectivity index (χ1n) is 9.02. The summed E-state index contributed by atoms with van der Waals surface area (Å²) in [6.07, 6.45) is 0. The number of sulfonamides is 1. The minimum Gasteiger partial charge on any atom is -0.462 e. The molecule has 0 radical (unpaired) electrons. The highest BCUT2D eigenvalue weighted by molar-refractivity contribution is 7.89. The third-order valence-corrected chi connectivity index (χ3v) is 7.15. The van der Waals surface area contributed by atoms with Gasteiger partial charge in [0.25, 0.3) is 5.91 Å². The zero-order valence-corrected chi connectivity index (χ0v) is 18.2. The normalized spacial score (nSPS) is 11.3. The van der Waals surface area contributed by atoms with Crippen LogP contribution in [0.15, 0.2) is 35.2 Å². The molecule has 0 saturated carbocycles. The second kappa shape index (κ2) is 9.78. The predicted molar refractivity (Wildman–Crippen MR) is 111 cm³/mol. The van der Waals surface area contributed by atoms with Gasteiger partial charge in [-0.25, -0.2) is 13.2 Å². The van der Waals surface area contributed by atoms with Gasteiger partial charge in [0.05, 0.1) is 16.4 Å². The summed E-state index contributed by atoms with van der Waals surface area (Å²) in [7, 11) is -3.67. The number of anilines is 1. The average Bonchev–Trinajstić information content (AvgIpc) is 3.13. The van der Waals surface area contributed by atoms with Crippen LogP contribution in [0.5, 0.6) is 0 Å². The molecular formula is C18H21N3O7S2. The van der Waals surface area contributed by atoms with Gasteiger partial charge < -0.3 is 10.1 Å². The number of thiophene rings is 1. The lowest BCUT2D eigenvalue weighted by Crippen LogP contribution is -2.30. The Morgan fingerprint density at radius 1 is 1.17 bits per heavy atom. The summed E-state index contributed by atoms with van der Waals surface area (Å²) in [6.45, 7) is 5.74. The molecule has 0 saturated heterocycles. The van der Waals surface area contributed by atoms with Gasteiger partial charge in [0.2, 0.25) is 10.0 Å². The van der Waals surface area contributed by atoms with Gasteiger partial charge in [-0.3, -0.25) is 14.9 Å². The Balaban J connectivity index is 2.28. The maximum Gasteiger partial charge on any atom is 0.341 e. The van der Waals surface area contributed by atoms with Crippen LogP contribution in [-0.2, 0) is 14.8 Å². The predicted octanol–water partition coefficient (Wildman–Crippen LogP) is 3.12. The second-order valence-electron chi connectivity index (χ2n) is 5.87. The summed E-state index contributed by atoms with van der Waals surface area (Å²) >= 11 is 0.628. The Hall–Kier alpha value is -2.83. The molecule has 0 aliphatic rings. The number of ether oxygens (including phenoxy) is 1. The first-order valence-corrected chi connectivity index (χ1v) is 11.3. The summed E-state index contributed by atoms with van der Waals surface area (Å²) in [5.41, 5.74) is 0.00184. The van der Waals surface area contributed by atoms with Gasteiger partial charge in [0.15, 0.2) is 0 Å². The van der Waals surface area contributed by atoms with E-state index in [9.17, 15) is 28.1 Å². The van der Waals surface area contributed by atoms with E-state index in [4.69, 9.17) is 4.74 Å². The third-order valence-electron chi connectivity index (χ3n) is 4.08. The van der Waals surface area contributed by atoms with Crippen molar-refractivity contribution in [3.63, 3.8) is 0 Å². The van der Waals surface area contributed by atoms with Gasteiger partial charge in [0.1, 0.15) is 10.6 Å². The van der Waals surface area contributed by atoms with E-state index in [-0.39, 0.29) is 32.6 Å². The Kier molecular flexibility index (Phi) is 7.65. The number of carbonyl (C=O) groups excluding carboxylic acids is 2. The van der Waals surface area contributed by atoms with Crippen molar-refractivity contribution < 1.29 is 27.7 Å². The number of nitrogens with zero attached hydrogens (tertiary/aromatic N) is 2. The molecule has 1 heterocycles. The fourth-order valence-corrected chi connectivity index (χ4v) is 4.90. The highest BCUT2D eigenvalue weighted by atomic mass is 32.2. The summed E-state index contributed by atoms with van der Waals surface area (Å²) in [5.74, 6) is -1.44. The molecule has 0 bridgehead atoms. The molecule has 0 aliphatic heterocycles. The third kappa shape index (κ3) is 5.01. The maximum atomic E-state index is 12.5. The second-order valence-corrected chi connectivity index (χ2v) is 8.84. The van der Waals surface area contributed by atoms with Crippen LogP contribution < -0.4 is 5.32 Å². The number of amides is 1. The summed E-state index contributed by atoms with van der Waals surface area (Å²) in [6, 6.07) is 6.32. The van der Waals surface area contributed by atoms with E-state index in [1.165, 1.54) is 28.6 Å². The summed E-state index contributed by atoms with van der Waals surface area (Å²) in [4.78, 5) is 35.0. The number of carbonyl (C=O) groups is 2. The number of hydrogen-bond acceptors (Lipinski definition) is 8. The molecule has 2 rings (SSSR count). The number of nitrogens with one attached hydrogen (secondary N) is 1. The molecule has 2 aromatic rings. The molecule has 0 atom stereocenters. The van der Waals surface area contributed by atoms with E-state index in [2.05, 4.69) is 5.32 Å². The van der Waals surface area contributed by atoms with Crippen LogP contribution in [0.25, 0.3) is 0 Å². The average molecular weight is 456 g/mol. The fraction of sp³-hybridized carbons (Fsp3) is 0.333.